The highest BCUT2D eigenvalue weighted by Crippen LogP contribution is 2.44. The maximum atomic E-state index is 11.2. The molecule has 0 radical (unpaired) electrons. The molecule has 4 nitrogen and oxygen atoms in total. The Kier molecular flexibility index (Phi) is 8.53. The van der Waals surface area contributed by atoms with Gasteiger partial charge in [-0.25, -0.2) is 4.98 Å². The first-order valence-electron chi connectivity index (χ1n) is 18.7. The van der Waals surface area contributed by atoms with Crippen molar-refractivity contribution < 1.29 is 9.52 Å². The molecule has 0 atom stereocenters. The van der Waals surface area contributed by atoms with Crippen molar-refractivity contribution in [2.45, 2.75) is 64.7 Å². The first-order valence-corrected chi connectivity index (χ1v) is 18.7. The van der Waals surface area contributed by atoms with E-state index in [1.807, 2.05) is 24.4 Å². The third-order valence-electron chi connectivity index (χ3n) is 11.2. The molecule has 0 unspecified atom stereocenters. The maximum Gasteiger partial charge on any atom is 0.231 e. The van der Waals surface area contributed by atoms with E-state index in [1.54, 1.807) is 6.07 Å². The van der Waals surface area contributed by atoms with E-state index in [4.69, 9.17) is 14.4 Å². The molecule has 0 saturated carbocycles. The van der Waals surface area contributed by atoms with Gasteiger partial charge in [0.05, 0.1) is 11.1 Å². The lowest BCUT2D eigenvalue weighted by Gasteiger charge is -2.28. The van der Waals surface area contributed by atoms with E-state index in [-0.39, 0.29) is 22.0 Å². The molecule has 0 fully saturated rings. The molecule has 0 aliphatic heterocycles. The van der Waals surface area contributed by atoms with Crippen molar-refractivity contribution in [3.63, 3.8) is 0 Å². The van der Waals surface area contributed by atoms with Gasteiger partial charge in [0, 0.05) is 33.5 Å². The van der Waals surface area contributed by atoms with Crippen LogP contribution >= 0.6 is 0 Å². The number of para-hydroxylation sites is 1. The van der Waals surface area contributed by atoms with Crippen molar-refractivity contribution in [3.05, 3.63) is 174 Å². The van der Waals surface area contributed by atoms with Gasteiger partial charge in [0.2, 0.25) is 5.89 Å². The Morgan fingerprint density at radius 1 is 0.481 bits per heavy atom. The van der Waals surface area contributed by atoms with Gasteiger partial charge < -0.3 is 9.52 Å². The monoisotopic (exact) mass is 706 g/mol. The summed E-state index contributed by atoms with van der Waals surface area (Å²) in [6.07, 6.45) is 1.87. The summed E-state index contributed by atoms with van der Waals surface area (Å²) in [5, 5.41) is 12.3. The quantitative estimate of drug-likeness (QED) is 0.179. The van der Waals surface area contributed by atoms with E-state index in [2.05, 4.69) is 164 Å². The summed E-state index contributed by atoms with van der Waals surface area (Å²) in [5.74, 6) is 0.530. The summed E-state index contributed by atoms with van der Waals surface area (Å²) in [4.78, 5) is 10.1. The molecule has 0 aliphatic rings. The second-order valence-corrected chi connectivity index (χ2v) is 16.5. The SMILES string of the molecule is CC(C)(C)c1ccc(O)c(-c2nc3c(-c4cc(-c5cccc6cccnc56)cc(C(C)(C)c5ccccc5)c4)cc(C(C)(C)c4ccccc4)cc3o2)c1. The maximum absolute atomic E-state index is 11.2. The van der Waals surface area contributed by atoms with Gasteiger partial charge in [-0.05, 0) is 80.8 Å². The number of fused-ring (bicyclic) bond motifs is 2. The molecule has 54 heavy (non-hydrogen) atoms. The van der Waals surface area contributed by atoms with Crippen molar-refractivity contribution in [2.24, 2.45) is 0 Å². The minimum Gasteiger partial charge on any atom is -0.507 e. The van der Waals surface area contributed by atoms with Gasteiger partial charge in [-0.2, -0.15) is 0 Å². The van der Waals surface area contributed by atoms with Gasteiger partial charge in [0.25, 0.3) is 0 Å². The number of hydrogen-bond acceptors (Lipinski definition) is 4. The second kappa shape index (κ2) is 13.1. The second-order valence-electron chi connectivity index (χ2n) is 16.5. The van der Waals surface area contributed by atoms with Crippen LogP contribution in [-0.2, 0) is 16.2 Å². The largest absolute Gasteiger partial charge is 0.507 e. The Morgan fingerprint density at radius 3 is 1.72 bits per heavy atom. The number of oxazole rings is 1. The topological polar surface area (TPSA) is 59.2 Å². The predicted molar refractivity (Wildman–Crippen MR) is 223 cm³/mol. The van der Waals surface area contributed by atoms with Gasteiger partial charge in [0.15, 0.2) is 5.58 Å². The van der Waals surface area contributed by atoms with E-state index in [1.165, 1.54) is 16.7 Å². The Balaban J connectivity index is 1.43. The molecule has 1 N–H and O–H groups in total. The molecule has 2 aromatic heterocycles. The van der Waals surface area contributed by atoms with Crippen molar-refractivity contribution in [2.75, 3.05) is 0 Å². The van der Waals surface area contributed by atoms with E-state index in [0.29, 0.717) is 17.0 Å². The highest BCUT2D eigenvalue weighted by Gasteiger charge is 2.29. The summed E-state index contributed by atoms with van der Waals surface area (Å²) in [7, 11) is 0. The summed E-state index contributed by atoms with van der Waals surface area (Å²) >= 11 is 0. The molecule has 2 heterocycles. The Morgan fingerprint density at radius 2 is 1.07 bits per heavy atom. The number of rotatable bonds is 7. The number of phenolic OH excluding ortho intramolecular Hbond substituents is 1. The van der Waals surface area contributed by atoms with Crippen molar-refractivity contribution in [1.29, 1.82) is 0 Å². The van der Waals surface area contributed by atoms with Crippen LogP contribution in [0.4, 0.5) is 0 Å². The van der Waals surface area contributed by atoms with Crippen LogP contribution in [0.25, 0.3) is 55.7 Å². The van der Waals surface area contributed by atoms with Crippen LogP contribution in [-0.4, -0.2) is 15.1 Å². The van der Waals surface area contributed by atoms with Crippen LogP contribution in [0.1, 0.15) is 76.3 Å². The Hall–Kier alpha value is -6.00. The number of phenols is 1. The average molecular weight is 707 g/mol. The number of hydrogen-bond donors (Lipinski definition) is 1. The van der Waals surface area contributed by atoms with Gasteiger partial charge in [-0.3, -0.25) is 4.98 Å². The normalized spacial score (nSPS) is 12.4. The lowest BCUT2D eigenvalue weighted by molar-refractivity contribution is 0.472. The third-order valence-corrected chi connectivity index (χ3v) is 11.2. The predicted octanol–water partition coefficient (Wildman–Crippen LogP) is 13.0. The molecular weight excluding hydrogens is 661 g/mol. The fourth-order valence-electron chi connectivity index (χ4n) is 7.58. The van der Waals surface area contributed by atoms with Crippen LogP contribution in [0, 0.1) is 0 Å². The molecule has 0 amide bonds. The zero-order chi connectivity index (χ0) is 37.8. The molecule has 268 valence electrons. The van der Waals surface area contributed by atoms with Crippen LogP contribution in [0.5, 0.6) is 5.75 Å². The minimum absolute atomic E-state index is 0.120. The van der Waals surface area contributed by atoms with Crippen LogP contribution < -0.4 is 0 Å². The van der Waals surface area contributed by atoms with E-state index >= 15 is 0 Å². The number of pyridine rings is 1. The van der Waals surface area contributed by atoms with Crippen LogP contribution in [0.2, 0.25) is 0 Å². The molecule has 4 heteroatoms. The first kappa shape index (κ1) is 35.1. The van der Waals surface area contributed by atoms with E-state index in [9.17, 15) is 5.11 Å². The molecule has 8 rings (SSSR count). The zero-order valence-electron chi connectivity index (χ0n) is 32.1. The molecule has 6 aromatic carbocycles. The molecule has 0 saturated heterocycles. The summed E-state index contributed by atoms with van der Waals surface area (Å²) in [6, 6.07) is 48.8. The van der Waals surface area contributed by atoms with E-state index < -0.39 is 0 Å². The van der Waals surface area contributed by atoms with Crippen molar-refractivity contribution in [1.82, 2.24) is 9.97 Å². The molecule has 0 bridgehead atoms. The summed E-state index contributed by atoms with van der Waals surface area (Å²) < 4.78 is 6.69. The summed E-state index contributed by atoms with van der Waals surface area (Å²) in [6.45, 7) is 15.6. The smallest absolute Gasteiger partial charge is 0.231 e. The Labute approximate surface area is 318 Å². The molecule has 0 aliphatic carbocycles. The number of benzene rings is 6. The van der Waals surface area contributed by atoms with Gasteiger partial charge in [-0.15, -0.1) is 0 Å². The third kappa shape index (κ3) is 6.26. The standard InChI is InChI=1S/C50H46N2O2/c1-48(2,3)37-23-24-43(53)42(29-37)47-52-46-41(30-39(31-44(46)54-47)50(6,7)36-20-12-9-13-21-36)34-26-33(40-22-14-16-32-17-15-25-51-45(32)40)27-38(28-34)49(4,5)35-18-10-8-11-19-35/h8-31,53H,1-7H3. The number of nitrogens with zero attached hydrogens (tertiary/aromatic N) is 2. The van der Waals surface area contributed by atoms with Crippen molar-refractivity contribution >= 4 is 22.0 Å². The van der Waals surface area contributed by atoms with E-state index in [0.717, 1.165) is 49.8 Å². The van der Waals surface area contributed by atoms with Gasteiger partial charge >= 0.3 is 0 Å². The minimum atomic E-state index is -0.352. The van der Waals surface area contributed by atoms with Crippen LogP contribution in [0.15, 0.2) is 150 Å². The highest BCUT2D eigenvalue weighted by molar-refractivity contribution is 5.98. The summed E-state index contributed by atoms with van der Waals surface area (Å²) in [5.41, 5.74) is 12.1. The van der Waals surface area contributed by atoms with Gasteiger partial charge in [-0.1, -0.05) is 152 Å². The molecule has 0 spiro atoms. The van der Waals surface area contributed by atoms with Crippen molar-refractivity contribution in [3.8, 4) is 39.5 Å². The van der Waals surface area contributed by atoms with Crippen LogP contribution in [0.3, 0.4) is 0 Å². The zero-order valence-corrected chi connectivity index (χ0v) is 32.1. The fourth-order valence-corrected chi connectivity index (χ4v) is 7.58. The highest BCUT2D eigenvalue weighted by atomic mass is 16.3. The van der Waals surface area contributed by atoms with Gasteiger partial charge in [0.1, 0.15) is 11.3 Å². The Bertz CT molecular complexity index is 2640. The first-order chi connectivity index (χ1) is 25.8. The average Bonchev–Trinajstić information content (AvgIpc) is 3.62. The lowest BCUT2D eigenvalue weighted by Crippen LogP contribution is -2.19. The molecular formula is C50H46N2O2. The number of aromatic nitrogens is 2. The number of aromatic hydroxyl groups is 1. The molecule has 8 aromatic rings. The fraction of sp³-hybridized carbons (Fsp3) is 0.200. The lowest BCUT2D eigenvalue weighted by atomic mass is 9.75.